The zero-order chi connectivity index (χ0) is 14.1. The average Bonchev–Trinajstić information content (AvgIpc) is 3.04. The largest absolute Gasteiger partial charge is 0.322 e. The van der Waals surface area contributed by atoms with E-state index in [2.05, 4.69) is 24.3 Å². The molecule has 2 unspecified atom stereocenters. The number of urea groups is 1. The summed E-state index contributed by atoms with van der Waals surface area (Å²) < 4.78 is 1.86. The number of hydrogen-bond donors (Lipinski definition) is 1. The molecule has 0 radical (unpaired) electrons. The molecule has 1 saturated heterocycles. The first-order chi connectivity index (χ1) is 9.65. The highest BCUT2D eigenvalue weighted by molar-refractivity contribution is 5.89. The van der Waals surface area contributed by atoms with Crippen LogP contribution in [0.15, 0.2) is 12.4 Å². The summed E-state index contributed by atoms with van der Waals surface area (Å²) in [5.41, 5.74) is 0.794. The van der Waals surface area contributed by atoms with Gasteiger partial charge in [0.1, 0.15) is 0 Å². The molecule has 5 heteroatoms. The first-order valence-electron chi connectivity index (χ1n) is 7.77. The molecule has 1 aromatic rings. The molecule has 0 aromatic carbocycles. The highest BCUT2D eigenvalue weighted by Gasteiger charge is 2.38. The van der Waals surface area contributed by atoms with Gasteiger partial charge >= 0.3 is 6.03 Å². The van der Waals surface area contributed by atoms with E-state index >= 15 is 0 Å². The maximum Gasteiger partial charge on any atom is 0.322 e. The average molecular weight is 276 g/mol. The van der Waals surface area contributed by atoms with Crippen LogP contribution in [0.25, 0.3) is 0 Å². The number of fused-ring (bicyclic) bond motifs is 1. The maximum absolute atomic E-state index is 12.4. The van der Waals surface area contributed by atoms with E-state index in [0.29, 0.717) is 12.1 Å². The third-order valence-corrected chi connectivity index (χ3v) is 4.65. The summed E-state index contributed by atoms with van der Waals surface area (Å²) in [6.07, 6.45) is 9.85. The Morgan fingerprint density at radius 2 is 2.15 bits per heavy atom. The number of anilines is 1. The Hall–Kier alpha value is -1.52. The van der Waals surface area contributed by atoms with Crippen molar-refractivity contribution in [3.63, 3.8) is 0 Å². The minimum atomic E-state index is 0.0442. The van der Waals surface area contributed by atoms with Crippen LogP contribution in [0.2, 0.25) is 0 Å². The molecule has 0 spiro atoms. The first-order valence-corrected chi connectivity index (χ1v) is 7.77. The monoisotopic (exact) mass is 276 g/mol. The highest BCUT2D eigenvalue weighted by atomic mass is 16.2. The Balaban J connectivity index is 1.63. The van der Waals surface area contributed by atoms with E-state index in [1.54, 1.807) is 6.20 Å². The Labute approximate surface area is 120 Å². The van der Waals surface area contributed by atoms with Crippen molar-refractivity contribution in [3.8, 4) is 0 Å². The fraction of sp³-hybridized carbons (Fsp3) is 0.733. The van der Waals surface area contributed by atoms with Crippen LogP contribution in [-0.2, 0) is 0 Å². The molecule has 1 aromatic heterocycles. The van der Waals surface area contributed by atoms with E-state index in [9.17, 15) is 4.79 Å². The molecule has 2 amide bonds. The molecule has 1 aliphatic carbocycles. The zero-order valence-electron chi connectivity index (χ0n) is 12.4. The number of aromatic nitrogens is 2. The third kappa shape index (κ3) is 2.53. The molecular weight excluding hydrogens is 252 g/mol. The third-order valence-electron chi connectivity index (χ3n) is 4.65. The van der Waals surface area contributed by atoms with Gasteiger partial charge in [0.15, 0.2) is 0 Å². The molecule has 2 heterocycles. The Bertz CT molecular complexity index is 482. The molecule has 3 rings (SSSR count). The topological polar surface area (TPSA) is 50.2 Å². The van der Waals surface area contributed by atoms with Crippen molar-refractivity contribution in [2.24, 2.45) is 5.92 Å². The summed E-state index contributed by atoms with van der Waals surface area (Å²) in [5, 5.41) is 7.26. The lowest BCUT2D eigenvalue weighted by molar-refractivity contribution is 0.182. The van der Waals surface area contributed by atoms with Gasteiger partial charge in [0.05, 0.1) is 11.9 Å². The van der Waals surface area contributed by atoms with Crippen LogP contribution in [0.1, 0.15) is 52.0 Å². The molecule has 5 nitrogen and oxygen atoms in total. The van der Waals surface area contributed by atoms with Gasteiger partial charge in [0.2, 0.25) is 0 Å². The molecule has 2 aliphatic rings. The molecule has 1 aliphatic heterocycles. The van der Waals surface area contributed by atoms with Crippen LogP contribution < -0.4 is 5.32 Å². The van der Waals surface area contributed by atoms with Crippen molar-refractivity contribution in [3.05, 3.63) is 12.4 Å². The van der Waals surface area contributed by atoms with Crippen molar-refractivity contribution < 1.29 is 4.79 Å². The second kappa shape index (κ2) is 5.46. The van der Waals surface area contributed by atoms with E-state index in [0.717, 1.165) is 18.2 Å². The Morgan fingerprint density at radius 1 is 1.35 bits per heavy atom. The lowest BCUT2D eigenvalue weighted by Gasteiger charge is -2.31. The molecule has 20 heavy (non-hydrogen) atoms. The SMILES string of the molecule is CC(C)n1cc(NC(=O)N2CCC3CCCCC32)cn1. The number of likely N-dealkylation sites (tertiary alicyclic amines) is 1. The Kier molecular flexibility index (Phi) is 3.68. The van der Waals surface area contributed by atoms with Crippen LogP contribution in [0.3, 0.4) is 0 Å². The standard InChI is InChI=1S/C15H24N4O/c1-11(2)19-10-13(9-16-19)17-15(20)18-8-7-12-5-3-4-6-14(12)18/h9-12,14H,3-8H2,1-2H3,(H,17,20). The van der Waals surface area contributed by atoms with Crippen LogP contribution in [-0.4, -0.2) is 33.3 Å². The molecular formula is C15H24N4O. The van der Waals surface area contributed by atoms with Gasteiger partial charge in [0, 0.05) is 24.8 Å². The van der Waals surface area contributed by atoms with E-state index in [4.69, 9.17) is 0 Å². The number of carbonyl (C=O) groups is 1. The number of hydrogen-bond acceptors (Lipinski definition) is 2. The predicted molar refractivity (Wildman–Crippen MR) is 78.7 cm³/mol. The van der Waals surface area contributed by atoms with E-state index in [1.165, 1.54) is 32.1 Å². The molecule has 1 saturated carbocycles. The highest BCUT2D eigenvalue weighted by Crippen LogP contribution is 2.36. The van der Waals surface area contributed by atoms with Gasteiger partial charge in [-0.1, -0.05) is 12.8 Å². The maximum atomic E-state index is 12.4. The van der Waals surface area contributed by atoms with Crippen molar-refractivity contribution in [2.75, 3.05) is 11.9 Å². The van der Waals surface area contributed by atoms with Gasteiger partial charge in [-0.3, -0.25) is 4.68 Å². The zero-order valence-corrected chi connectivity index (χ0v) is 12.4. The van der Waals surface area contributed by atoms with Gasteiger partial charge in [-0.2, -0.15) is 5.10 Å². The minimum Gasteiger partial charge on any atom is -0.321 e. The number of nitrogens with one attached hydrogen (secondary N) is 1. The second-order valence-corrected chi connectivity index (χ2v) is 6.33. The number of carbonyl (C=O) groups excluding carboxylic acids is 1. The van der Waals surface area contributed by atoms with Crippen LogP contribution >= 0.6 is 0 Å². The summed E-state index contributed by atoms with van der Waals surface area (Å²) in [6, 6.07) is 0.821. The lowest BCUT2D eigenvalue weighted by Crippen LogP contribution is -2.41. The normalized spacial score (nSPS) is 25.9. The van der Waals surface area contributed by atoms with Crippen LogP contribution in [0, 0.1) is 5.92 Å². The van der Waals surface area contributed by atoms with E-state index in [1.807, 2.05) is 15.8 Å². The van der Waals surface area contributed by atoms with Crippen molar-refractivity contribution >= 4 is 11.7 Å². The van der Waals surface area contributed by atoms with E-state index < -0.39 is 0 Å². The fourth-order valence-corrected chi connectivity index (χ4v) is 3.54. The summed E-state index contributed by atoms with van der Waals surface area (Å²) >= 11 is 0. The van der Waals surface area contributed by atoms with Gasteiger partial charge in [-0.25, -0.2) is 4.79 Å². The van der Waals surface area contributed by atoms with Gasteiger partial charge in [0.25, 0.3) is 0 Å². The van der Waals surface area contributed by atoms with Crippen molar-refractivity contribution in [1.82, 2.24) is 14.7 Å². The van der Waals surface area contributed by atoms with Crippen molar-refractivity contribution in [1.29, 1.82) is 0 Å². The van der Waals surface area contributed by atoms with Gasteiger partial charge in [-0.15, -0.1) is 0 Å². The lowest BCUT2D eigenvalue weighted by atomic mass is 9.85. The van der Waals surface area contributed by atoms with Gasteiger partial charge < -0.3 is 10.2 Å². The molecule has 110 valence electrons. The smallest absolute Gasteiger partial charge is 0.321 e. The summed E-state index contributed by atoms with van der Waals surface area (Å²) in [4.78, 5) is 14.5. The van der Waals surface area contributed by atoms with Crippen LogP contribution in [0.4, 0.5) is 10.5 Å². The number of rotatable bonds is 2. The summed E-state index contributed by atoms with van der Waals surface area (Å²) in [7, 11) is 0. The first kappa shape index (κ1) is 13.5. The van der Waals surface area contributed by atoms with E-state index in [-0.39, 0.29) is 6.03 Å². The van der Waals surface area contributed by atoms with Crippen LogP contribution in [0.5, 0.6) is 0 Å². The number of amides is 2. The minimum absolute atomic E-state index is 0.0442. The Morgan fingerprint density at radius 3 is 2.90 bits per heavy atom. The fourth-order valence-electron chi connectivity index (χ4n) is 3.54. The summed E-state index contributed by atoms with van der Waals surface area (Å²) in [5.74, 6) is 0.730. The summed E-state index contributed by atoms with van der Waals surface area (Å²) in [6.45, 7) is 5.05. The molecule has 2 fully saturated rings. The number of nitrogens with zero attached hydrogens (tertiary/aromatic N) is 3. The molecule has 1 N–H and O–H groups in total. The second-order valence-electron chi connectivity index (χ2n) is 6.33. The van der Waals surface area contributed by atoms with Gasteiger partial charge in [-0.05, 0) is 39.0 Å². The van der Waals surface area contributed by atoms with Crippen molar-refractivity contribution in [2.45, 2.75) is 58.0 Å². The molecule has 2 atom stereocenters. The predicted octanol–water partition coefficient (Wildman–Crippen LogP) is 3.26. The quantitative estimate of drug-likeness (QED) is 0.901. The molecule has 0 bridgehead atoms.